The maximum absolute atomic E-state index is 12.5. The second-order valence-electron chi connectivity index (χ2n) is 6.03. The highest BCUT2D eigenvalue weighted by molar-refractivity contribution is 6.19. The van der Waals surface area contributed by atoms with Gasteiger partial charge < -0.3 is 4.90 Å². The maximum atomic E-state index is 12.5. The summed E-state index contributed by atoms with van der Waals surface area (Å²) in [6.45, 7) is 2.33. The van der Waals surface area contributed by atoms with Gasteiger partial charge >= 0.3 is 6.03 Å². The molecule has 6 nitrogen and oxygen atoms in total. The topological polar surface area (TPSA) is 69.7 Å². The lowest BCUT2D eigenvalue weighted by Gasteiger charge is -2.45. The van der Waals surface area contributed by atoms with E-state index in [9.17, 15) is 14.4 Å². The van der Waals surface area contributed by atoms with Gasteiger partial charge in [-0.3, -0.25) is 19.8 Å². The largest absolute Gasteiger partial charge is 0.330 e. The second kappa shape index (κ2) is 4.30. The van der Waals surface area contributed by atoms with Gasteiger partial charge in [0.15, 0.2) is 0 Å². The summed E-state index contributed by atoms with van der Waals surface area (Å²) in [6.07, 6.45) is 3.03. The smallest absolute Gasteiger partial charge is 0.306 e. The molecule has 3 rings (SSSR count). The van der Waals surface area contributed by atoms with Crippen LogP contribution in [-0.2, 0) is 9.59 Å². The number of urea groups is 1. The Morgan fingerprint density at radius 2 is 2.05 bits per heavy atom. The Kier molecular flexibility index (Phi) is 2.85. The summed E-state index contributed by atoms with van der Waals surface area (Å²) >= 11 is 0. The molecular formula is C13H19N3O3. The average molecular weight is 265 g/mol. The lowest BCUT2D eigenvalue weighted by Crippen LogP contribution is -2.66. The van der Waals surface area contributed by atoms with Crippen molar-refractivity contribution >= 4 is 17.8 Å². The lowest BCUT2D eigenvalue weighted by molar-refractivity contribution is -0.158. The normalized spacial score (nSPS) is 30.7. The first-order valence-electron chi connectivity index (χ1n) is 6.89. The van der Waals surface area contributed by atoms with Gasteiger partial charge in [-0.1, -0.05) is 6.42 Å². The number of nitrogens with one attached hydrogen (secondary N) is 1. The number of nitrogens with zero attached hydrogens (tertiary/aromatic N) is 2. The Morgan fingerprint density at radius 1 is 1.32 bits per heavy atom. The Balaban J connectivity index is 1.74. The fourth-order valence-electron chi connectivity index (χ4n) is 3.30. The first-order valence-corrected chi connectivity index (χ1v) is 6.89. The molecule has 1 N–H and O–H groups in total. The Hall–Kier alpha value is -1.43. The van der Waals surface area contributed by atoms with Gasteiger partial charge in [0.25, 0.3) is 0 Å². The van der Waals surface area contributed by atoms with Gasteiger partial charge in [-0.15, -0.1) is 0 Å². The predicted molar refractivity (Wildman–Crippen MR) is 67.1 cm³/mol. The molecule has 3 fully saturated rings. The number of barbiturate groups is 1. The third kappa shape index (κ3) is 1.85. The van der Waals surface area contributed by atoms with Crippen LogP contribution in [0.5, 0.6) is 0 Å². The number of likely N-dealkylation sites (tertiary alicyclic amines) is 1. The van der Waals surface area contributed by atoms with E-state index in [2.05, 4.69) is 10.2 Å². The van der Waals surface area contributed by atoms with Crippen LogP contribution in [-0.4, -0.2) is 54.3 Å². The van der Waals surface area contributed by atoms with E-state index in [0.29, 0.717) is 25.3 Å². The first-order chi connectivity index (χ1) is 9.03. The zero-order valence-electron chi connectivity index (χ0n) is 11.1. The summed E-state index contributed by atoms with van der Waals surface area (Å²) in [5.41, 5.74) is -0.932. The quantitative estimate of drug-likeness (QED) is 0.723. The molecule has 0 radical (unpaired) electrons. The van der Waals surface area contributed by atoms with E-state index < -0.39 is 17.4 Å². The van der Waals surface area contributed by atoms with Gasteiger partial charge in [0.1, 0.15) is 5.41 Å². The molecule has 19 heavy (non-hydrogen) atoms. The molecule has 0 aromatic heterocycles. The molecule has 1 spiro atoms. The highest BCUT2D eigenvalue weighted by atomic mass is 16.2. The van der Waals surface area contributed by atoms with E-state index >= 15 is 0 Å². The monoisotopic (exact) mass is 265 g/mol. The molecule has 104 valence electrons. The molecule has 2 heterocycles. The van der Waals surface area contributed by atoms with Gasteiger partial charge in [0, 0.05) is 13.1 Å². The molecule has 3 aliphatic rings. The van der Waals surface area contributed by atoms with Gasteiger partial charge in [0.2, 0.25) is 11.8 Å². The summed E-state index contributed by atoms with van der Waals surface area (Å²) in [7, 11) is 2.04. The van der Waals surface area contributed by atoms with Crippen LogP contribution >= 0.6 is 0 Å². The maximum Gasteiger partial charge on any atom is 0.330 e. The van der Waals surface area contributed by atoms with Crippen molar-refractivity contribution in [1.29, 1.82) is 0 Å². The van der Waals surface area contributed by atoms with Gasteiger partial charge in [-0.05, 0) is 38.8 Å². The Bertz CT molecular complexity index is 444. The minimum absolute atomic E-state index is 0.276. The van der Waals surface area contributed by atoms with Gasteiger partial charge in [-0.25, -0.2) is 4.79 Å². The molecule has 0 aromatic carbocycles. The Morgan fingerprint density at radius 3 is 2.58 bits per heavy atom. The predicted octanol–water partition coefficient (Wildman–Crippen LogP) is 0.187. The van der Waals surface area contributed by atoms with Crippen LogP contribution in [0.15, 0.2) is 0 Å². The van der Waals surface area contributed by atoms with Crippen LogP contribution in [0.1, 0.15) is 25.7 Å². The average Bonchev–Trinajstić information content (AvgIpc) is 2.68. The second-order valence-corrected chi connectivity index (χ2v) is 6.03. The molecule has 0 bridgehead atoms. The molecule has 1 unspecified atom stereocenters. The number of carbonyl (C=O) groups excluding carboxylic acids is 3. The fraction of sp³-hybridized carbons (Fsp3) is 0.769. The molecule has 1 atom stereocenters. The number of amides is 4. The van der Waals surface area contributed by atoms with E-state index in [1.807, 2.05) is 7.05 Å². The minimum Gasteiger partial charge on any atom is -0.306 e. The number of carbonyl (C=O) groups is 3. The van der Waals surface area contributed by atoms with Crippen LogP contribution in [0.2, 0.25) is 0 Å². The van der Waals surface area contributed by atoms with Crippen LogP contribution in [0, 0.1) is 11.3 Å². The van der Waals surface area contributed by atoms with Crippen LogP contribution in [0.25, 0.3) is 0 Å². The van der Waals surface area contributed by atoms with E-state index in [4.69, 9.17) is 0 Å². The zero-order valence-corrected chi connectivity index (χ0v) is 11.1. The van der Waals surface area contributed by atoms with Crippen molar-refractivity contribution in [2.24, 2.45) is 11.3 Å². The van der Waals surface area contributed by atoms with E-state index in [-0.39, 0.29) is 5.91 Å². The van der Waals surface area contributed by atoms with Crippen molar-refractivity contribution in [2.45, 2.75) is 25.7 Å². The molecule has 1 aliphatic carbocycles. The zero-order chi connectivity index (χ0) is 13.6. The van der Waals surface area contributed by atoms with Crippen LogP contribution < -0.4 is 5.32 Å². The third-order valence-corrected chi connectivity index (χ3v) is 4.69. The molecule has 0 aromatic rings. The fourth-order valence-corrected chi connectivity index (χ4v) is 3.30. The summed E-state index contributed by atoms with van der Waals surface area (Å²) in [4.78, 5) is 39.7. The lowest BCUT2D eigenvalue weighted by atomic mass is 9.66. The molecule has 6 heteroatoms. The van der Waals surface area contributed by atoms with E-state index in [1.54, 1.807) is 0 Å². The summed E-state index contributed by atoms with van der Waals surface area (Å²) in [6, 6.07) is -0.540. The van der Waals surface area contributed by atoms with Gasteiger partial charge in [-0.2, -0.15) is 0 Å². The highest BCUT2D eigenvalue weighted by Gasteiger charge is 2.57. The molecule has 4 amide bonds. The third-order valence-electron chi connectivity index (χ3n) is 4.69. The van der Waals surface area contributed by atoms with Gasteiger partial charge in [0.05, 0.1) is 0 Å². The Labute approximate surface area is 112 Å². The molecular weight excluding hydrogens is 246 g/mol. The minimum atomic E-state index is -0.932. The first kappa shape index (κ1) is 12.6. The number of hydrogen-bond acceptors (Lipinski definition) is 4. The number of hydrogen-bond donors (Lipinski definition) is 1. The molecule has 2 saturated heterocycles. The molecule has 2 aliphatic heterocycles. The summed E-state index contributed by atoms with van der Waals surface area (Å²) in [5.74, 6) is -0.347. The highest BCUT2D eigenvalue weighted by Crippen LogP contribution is 2.44. The van der Waals surface area contributed by atoms with Crippen LogP contribution in [0.4, 0.5) is 4.79 Å². The van der Waals surface area contributed by atoms with E-state index in [0.717, 1.165) is 25.9 Å². The van der Waals surface area contributed by atoms with Crippen molar-refractivity contribution in [2.75, 3.05) is 26.7 Å². The summed E-state index contributed by atoms with van der Waals surface area (Å²) in [5, 5.41) is 2.35. The number of imide groups is 2. The van der Waals surface area contributed by atoms with Crippen molar-refractivity contribution in [1.82, 2.24) is 15.1 Å². The van der Waals surface area contributed by atoms with Crippen LogP contribution in [0.3, 0.4) is 0 Å². The van der Waals surface area contributed by atoms with Crippen molar-refractivity contribution in [3.63, 3.8) is 0 Å². The molecule has 1 saturated carbocycles. The van der Waals surface area contributed by atoms with Crippen molar-refractivity contribution in [3.05, 3.63) is 0 Å². The van der Waals surface area contributed by atoms with Crippen molar-refractivity contribution in [3.8, 4) is 0 Å². The van der Waals surface area contributed by atoms with E-state index in [1.165, 1.54) is 4.90 Å². The standard InChI is InChI=1S/C13H19N3O3/c1-15-6-3-9(7-15)8-16-11(18)13(4-2-5-13)10(17)14-12(16)19/h9H,2-8H2,1H3,(H,14,17,19). The van der Waals surface area contributed by atoms with Crippen molar-refractivity contribution < 1.29 is 14.4 Å². The SMILES string of the molecule is CN1CCC(CN2C(=O)NC(=O)C3(CCC3)C2=O)C1. The summed E-state index contributed by atoms with van der Waals surface area (Å²) < 4.78 is 0. The number of rotatable bonds is 2.